The number of anilines is 2. The summed E-state index contributed by atoms with van der Waals surface area (Å²) in [7, 11) is 0. The lowest BCUT2D eigenvalue weighted by Crippen LogP contribution is -2.03. The van der Waals surface area contributed by atoms with Gasteiger partial charge in [0.15, 0.2) is 0 Å². The Morgan fingerprint density at radius 1 is 1.00 bits per heavy atom. The van der Waals surface area contributed by atoms with Crippen LogP contribution in [0.2, 0.25) is 0 Å². The summed E-state index contributed by atoms with van der Waals surface area (Å²) in [5.74, 6) is 0.177. The molecule has 0 heterocycles. The summed E-state index contributed by atoms with van der Waals surface area (Å²) in [6, 6.07) is 14.2. The maximum absolute atomic E-state index is 11.3. The molecule has 0 spiro atoms. The molecule has 0 saturated heterocycles. The molecule has 0 radical (unpaired) electrons. The molecule has 0 bridgehead atoms. The number of benzene rings is 2. The van der Waals surface area contributed by atoms with Crippen molar-refractivity contribution in [1.82, 2.24) is 0 Å². The van der Waals surface area contributed by atoms with Gasteiger partial charge in [0.1, 0.15) is 5.78 Å². The predicted molar refractivity (Wildman–Crippen MR) is 80.0 cm³/mol. The van der Waals surface area contributed by atoms with E-state index >= 15 is 0 Å². The molecule has 2 heteroatoms. The van der Waals surface area contributed by atoms with Crippen molar-refractivity contribution in [1.29, 1.82) is 0 Å². The maximum Gasteiger partial charge on any atom is 0.134 e. The summed E-state index contributed by atoms with van der Waals surface area (Å²) >= 11 is 0. The summed E-state index contributed by atoms with van der Waals surface area (Å²) in [6.45, 7) is 5.79. The Morgan fingerprint density at radius 2 is 1.63 bits per heavy atom. The van der Waals surface area contributed by atoms with Gasteiger partial charge in [-0.1, -0.05) is 36.4 Å². The van der Waals surface area contributed by atoms with Crippen LogP contribution < -0.4 is 5.32 Å². The molecule has 1 N–H and O–H groups in total. The number of aryl methyl sites for hydroxylation is 2. The molecule has 2 aromatic rings. The predicted octanol–water partition coefficient (Wildman–Crippen LogP) is 4.18. The number of hydrogen-bond acceptors (Lipinski definition) is 2. The van der Waals surface area contributed by atoms with E-state index in [1.54, 1.807) is 6.92 Å². The zero-order valence-electron chi connectivity index (χ0n) is 11.7. The van der Waals surface area contributed by atoms with Crippen LogP contribution in [0.15, 0.2) is 42.5 Å². The largest absolute Gasteiger partial charge is 0.355 e. The van der Waals surface area contributed by atoms with Crippen LogP contribution in [0.4, 0.5) is 11.4 Å². The van der Waals surface area contributed by atoms with Crippen LogP contribution in [0, 0.1) is 13.8 Å². The van der Waals surface area contributed by atoms with E-state index in [1.807, 2.05) is 24.3 Å². The molecule has 0 amide bonds. The van der Waals surface area contributed by atoms with Gasteiger partial charge in [0.05, 0.1) is 0 Å². The van der Waals surface area contributed by atoms with E-state index in [9.17, 15) is 4.79 Å². The number of para-hydroxylation sites is 2. The quantitative estimate of drug-likeness (QED) is 0.885. The minimum atomic E-state index is 0.177. The van der Waals surface area contributed by atoms with Gasteiger partial charge in [0.25, 0.3) is 0 Å². The number of hydrogen-bond donors (Lipinski definition) is 1. The fourth-order valence-corrected chi connectivity index (χ4v) is 2.21. The first-order valence-electron chi connectivity index (χ1n) is 6.48. The number of Topliss-reactive ketones (excluding diaryl/α,β-unsaturated/α-hetero) is 1. The summed E-state index contributed by atoms with van der Waals surface area (Å²) in [5, 5.41) is 3.46. The Hall–Kier alpha value is -2.09. The second kappa shape index (κ2) is 5.70. The van der Waals surface area contributed by atoms with Gasteiger partial charge in [-0.15, -0.1) is 0 Å². The van der Waals surface area contributed by atoms with E-state index in [-0.39, 0.29) is 5.78 Å². The van der Waals surface area contributed by atoms with E-state index in [4.69, 9.17) is 0 Å². The van der Waals surface area contributed by atoms with Crippen molar-refractivity contribution in [2.24, 2.45) is 0 Å². The maximum atomic E-state index is 11.3. The number of carbonyl (C=O) groups excluding carboxylic acids is 1. The van der Waals surface area contributed by atoms with Crippen molar-refractivity contribution in [3.05, 3.63) is 59.2 Å². The highest BCUT2D eigenvalue weighted by atomic mass is 16.1. The molecule has 0 aliphatic rings. The van der Waals surface area contributed by atoms with Gasteiger partial charge in [0.2, 0.25) is 0 Å². The third-order valence-electron chi connectivity index (χ3n) is 3.20. The van der Waals surface area contributed by atoms with Gasteiger partial charge in [-0.25, -0.2) is 0 Å². The highest BCUT2D eigenvalue weighted by Gasteiger charge is 2.07. The smallest absolute Gasteiger partial charge is 0.134 e. The molecule has 0 aliphatic heterocycles. The molecule has 0 fully saturated rings. The SMILES string of the molecule is CC(=O)Cc1ccccc1Nc1c(C)cccc1C. The fourth-order valence-electron chi connectivity index (χ4n) is 2.21. The molecule has 0 saturated carbocycles. The van der Waals surface area contributed by atoms with Crippen molar-refractivity contribution >= 4 is 17.2 Å². The highest BCUT2D eigenvalue weighted by molar-refractivity contribution is 5.81. The van der Waals surface area contributed by atoms with E-state index in [0.717, 1.165) is 16.9 Å². The molecule has 0 aliphatic carbocycles. The summed E-state index contributed by atoms with van der Waals surface area (Å²) in [4.78, 5) is 11.3. The molecule has 0 atom stereocenters. The van der Waals surface area contributed by atoms with Crippen molar-refractivity contribution in [2.45, 2.75) is 27.2 Å². The first-order chi connectivity index (χ1) is 9.08. The standard InChI is InChI=1S/C17H19NO/c1-12-7-6-8-13(2)17(12)18-16-10-5-4-9-15(16)11-14(3)19/h4-10,18H,11H2,1-3H3. The van der Waals surface area contributed by atoms with Crippen LogP contribution in [0.1, 0.15) is 23.6 Å². The summed E-state index contributed by atoms with van der Waals surface area (Å²) in [5.41, 5.74) is 5.58. The molecular formula is C17H19NO. The Labute approximate surface area is 114 Å². The second-order valence-electron chi connectivity index (χ2n) is 4.93. The van der Waals surface area contributed by atoms with Crippen LogP contribution in [0.25, 0.3) is 0 Å². The molecule has 2 nitrogen and oxygen atoms in total. The van der Waals surface area contributed by atoms with Gasteiger partial charge >= 0.3 is 0 Å². The minimum Gasteiger partial charge on any atom is -0.355 e. The third-order valence-corrected chi connectivity index (χ3v) is 3.20. The monoisotopic (exact) mass is 253 g/mol. The fraction of sp³-hybridized carbons (Fsp3) is 0.235. The molecule has 98 valence electrons. The van der Waals surface area contributed by atoms with Crippen LogP contribution >= 0.6 is 0 Å². The second-order valence-corrected chi connectivity index (χ2v) is 4.93. The lowest BCUT2D eigenvalue weighted by Gasteiger charge is -2.15. The van der Waals surface area contributed by atoms with E-state index in [2.05, 4.69) is 37.4 Å². The Balaban J connectivity index is 2.36. The van der Waals surface area contributed by atoms with Crippen LogP contribution in [0.3, 0.4) is 0 Å². The van der Waals surface area contributed by atoms with Gasteiger partial charge in [-0.3, -0.25) is 4.79 Å². The zero-order chi connectivity index (χ0) is 13.8. The molecule has 0 unspecified atom stereocenters. The van der Waals surface area contributed by atoms with Gasteiger partial charge in [0, 0.05) is 17.8 Å². The Kier molecular flexibility index (Phi) is 4.00. The first-order valence-corrected chi connectivity index (χ1v) is 6.48. The third kappa shape index (κ3) is 3.22. The van der Waals surface area contributed by atoms with Gasteiger partial charge in [-0.05, 0) is 43.5 Å². The Morgan fingerprint density at radius 3 is 2.26 bits per heavy atom. The summed E-state index contributed by atoms with van der Waals surface area (Å²) < 4.78 is 0. The molecule has 2 rings (SSSR count). The van der Waals surface area contributed by atoms with Crippen molar-refractivity contribution in [2.75, 3.05) is 5.32 Å². The molecule has 2 aromatic carbocycles. The van der Waals surface area contributed by atoms with E-state index < -0.39 is 0 Å². The van der Waals surface area contributed by atoms with Crippen LogP contribution in [-0.2, 0) is 11.2 Å². The van der Waals surface area contributed by atoms with Crippen LogP contribution in [0.5, 0.6) is 0 Å². The van der Waals surface area contributed by atoms with Crippen molar-refractivity contribution in [3.8, 4) is 0 Å². The van der Waals surface area contributed by atoms with E-state index in [0.29, 0.717) is 6.42 Å². The molecule has 19 heavy (non-hydrogen) atoms. The highest BCUT2D eigenvalue weighted by Crippen LogP contribution is 2.26. The average molecular weight is 253 g/mol. The van der Waals surface area contributed by atoms with Crippen molar-refractivity contribution < 1.29 is 4.79 Å². The number of nitrogens with one attached hydrogen (secondary N) is 1. The summed E-state index contributed by atoms with van der Waals surface area (Å²) in [6.07, 6.45) is 0.466. The zero-order valence-corrected chi connectivity index (χ0v) is 11.7. The number of rotatable bonds is 4. The molecular weight excluding hydrogens is 234 g/mol. The van der Waals surface area contributed by atoms with Crippen molar-refractivity contribution in [3.63, 3.8) is 0 Å². The van der Waals surface area contributed by atoms with Crippen LogP contribution in [-0.4, -0.2) is 5.78 Å². The normalized spacial score (nSPS) is 10.3. The lowest BCUT2D eigenvalue weighted by atomic mass is 10.1. The minimum absolute atomic E-state index is 0.177. The average Bonchev–Trinajstić information content (AvgIpc) is 2.35. The first kappa shape index (κ1) is 13.3. The number of carbonyl (C=O) groups is 1. The topological polar surface area (TPSA) is 29.1 Å². The number of ketones is 1. The van der Waals surface area contributed by atoms with E-state index in [1.165, 1.54) is 11.1 Å². The lowest BCUT2D eigenvalue weighted by molar-refractivity contribution is -0.116. The Bertz CT molecular complexity index is 582. The van der Waals surface area contributed by atoms with Gasteiger partial charge < -0.3 is 5.32 Å². The van der Waals surface area contributed by atoms with Gasteiger partial charge in [-0.2, -0.15) is 0 Å². The molecule has 0 aromatic heterocycles.